The maximum absolute atomic E-state index is 6.04. The van der Waals surface area contributed by atoms with Crippen LogP contribution in [0.4, 0.5) is 0 Å². The van der Waals surface area contributed by atoms with Gasteiger partial charge in [-0.15, -0.1) is 0 Å². The van der Waals surface area contributed by atoms with Gasteiger partial charge in [0.1, 0.15) is 5.75 Å². The zero-order valence-electron chi connectivity index (χ0n) is 16.3. The third kappa shape index (κ3) is 4.43. The molecule has 3 aromatic rings. The van der Waals surface area contributed by atoms with Crippen molar-refractivity contribution in [3.8, 4) is 5.75 Å². The molecule has 0 amide bonds. The van der Waals surface area contributed by atoms with E-state index in [4.69, 9.17) is 4.74 Å². The Bertz CT molecular complexity index is 968. The standard InChI is InChI=1S/C27H25O/c1-21-18-19-28-27-17-15-24(14-12-22-8-4-2-5-9-22)25(26(27)20-21)16-13-23-10-6-3-7-11-23/h2-14,16-17,21H,18-20H2,1H3. The molecule has 1 radical (unpaired) electrons. The summed E-state index contributed by atoms with van der Waals surface area (Å²) in [6.07, 6.45) is 10.8. The average molecular weight is 365 g/mol. The van der Waals surface area contributed by atoms with Gasteiger partial charge in [-0.25, -0.2) is 0 Å². The van der Waals surface area contributed by atoms with E-state index in [1.54, 1.807) is 0 Å². The molecule has 28 heavy (non-hydrogen) atoms. The zero-order chi connectivity index (χ0) is 19.2. The molecular formula is C27H25O. The largest absolute Gasteiger partial charge is 0.493 e. The lowest BCUT2D eigenvalue weighted by Gasteiger charge is -2.14. The van der Waals surface area contributed by atoms with Crippen molar-refractivity contribution >= 4 is 24.3 Å². The minimum atomic E-state index is 0.610. The summed E-state index contributed by atoms with van der Waals surface area (Å²) in [5.41, 5.74) is 5.99. The normalized spacial score (nSPS) is 16.7. The van der Waals surface area contributed by atoms with Gasteiger partial charge in [0.25, 0.3) is 0 Å². The third-order valence-electron chi connectivity index (χ3n) is 5.18. The molecule has 0 spiro atoms. The Morgan fingerprint density at radius 3 is 2.18 bits per heavy atom. The molecule has 0 saturated heterocycles. The van der Waals surface area contributed by atoms with Crippen LogP contribution in [0.5, 0.6) is 5.75 Å². The van der Waals surface area contributed by atoms with Crippen molar-refractivity contribution in [1.82, 2.24) is 0 Å². The van der Waals surface area contributed by atoms with E-state index in [2.05, 4.69) is 85.8 Å². The zero-order valence-corrected chi connectivity index (χ0v) is 16.3. The maximum Gasteiger partial charge on any atom is 0.123 e. The van der Waals surface area contributed by atoms with E-state index in [1.165, 1.54) is 22.3 Å². The van der Waals surface area contributed by atoms with Crippen LogP contribution < -0.4 is 4.74 Å². The van der Waals surface area contributed by atoms with E-state index in [0.717, 1.165) is 30.8 Å². The van der Waals surface area contributed by atoms with Crippen molar-refractivity contribution in [2.75, 3.05) is 6.61 Å². The van der Waals surface area contributed by atoms with Crippen molar-refractivity contribution in [1.29, 1.82) is 0 Å². The van der Waals surface area contributed by atoms with Crippen molar-refractivity contribution in [3.05, 3.63) is 101 Å². The van der Waals surface area contributed by atoms with Crippen LogP contribution in [0.25, 0.3) is 24.3 Å². The summed E-state index contributed by atoms with van der Waals surface area (Å²) in [6, 6.07) is 26.3. The van der Waals surface area contributed by atoms with Gasteiger partial charge in [0.2, 0.25) is 0 Å². The number of fused-ring (bicyclic) bond motifs is 1. The fraction of sp³-hybridized carbons (Fsp3) is 0.185. The molecule has 0 fully saturated rings. The summed E-state index contributed by atoms with van der Waals surface area (Å²) in [5, 5.41) is 0. The van der Waals surface area contributed by atoms with Gasteiger partial charge in [-0.3, -0.25) is 0 Å². The number of rotatable bonds is 4. The number of hydrogen-bond donors (Lipinski definition) is 0. The Hall–Kier alpha value is -3.06. The Morgan fingerprint density at radius 2 is 1.50 bits per heavy atom. The minimum absolute atomic E-state index is 0.610. The second kappa shape index (κ2) is 8.75. The Labute approximate surface area is 168 Å². The van der Waals surface area contributed by atoms with Gasteiger partial charge >= 0.3 is 0 Å². The van der Waals surface area contributed by atoms with Crippen molar-refractivity contribution in [2.45, 2.75) is 19.8 Å². The topological polar surface area (TPSA) is 9.23 Å². The molecule has 0 aromatic heterocycles. The van der Waals surface area contributed by atoms with Gasteiger partial charge in [0.05, 0.1) is 6.61 Å². The van der Waals surface area contributed by atoms with Crippen LogP contribution in [-0.4, -0.2) is 6.61 Å². The molecule has 139 valence electrons. The van der Waals surface area contributed by atoms with Crippen LogP contribution in [0.2, 0.25) is 0 Å². The first-order valence-corrected chi connectivity index (χ1v) is 9.96. The predicted molar refractivity (Wildman–Crippen MR) is 119 cm³/mol. The molecule has 1 heteroatoms. The van der Waals surface area contributed by atoms with Crippen LogP contribution in [0, 0.1) is 12.0 Å². The highest BCUT2D eigenvalue weighted by atomic mass is 16.5. The number of ether oxygens (including phenoxy) is 1. The Balaban J connectivity index is 1.76. The van der Waals surface area contributed by atoms with Crippen LogP contribution in [0.15, 0.2) is 66.7 Å². The predicted octanol–water partition coefficient (Wildman–Crippen LogP) is 6.79. The molecule has 1 aliphatic heterocycles. The molecule has 1 aliphatic rings. The third-order valence-corrected chi connectivity index (χ3v) is 5.18. The first kappa shape index (κ1) is 18.3. The van der Waals surface area contributed by atoms with Crippen LogP contribution >= 0.6 is 0 Å². The molecule has 1 nitrogen and oxygen atoms in total. The quantitative estimate of drug-likeness (QED) is 0.463. The molecule has 1 atom stereocenters. The molecule has 1 unspecified atom stereocenters. The van der Waals surface area contributed by atoms with E-state index >= 15 is 0 Å². The summed E-state index contributed by atoms with van der Waals surface area (Å²) in [4.78, 5) is 0. The van der Waals surface area contributed by atoms with Crippen molar-refractivity contribution in [3.63, 3.8) is 0 Å². The summed E-state index contributed by atoms with van der Waals surface area (Å²) < 4.78 is 6.04. The number of benzene rings is 3. The van der Waals surface area contributed by atoms with Crippen LogP contribution in [0.1, 0.15) is 41.2 Å². The Morgan fingerprint density at radius 1 is 0.857 bits per heavy atom. The smallest absolute Gasteiger partial charge is 0.123 e. The van der Waals surface area contributed by atoms with E-state index in [0.29, 0.717) is 5.92 Å². The monoisotopic (exact) mass is 365 g/mol. The lowest BCUT2D eigenvalue weighted by Crippen LogP contribution is -2.01. The van der Waals surface area contributed by atoms with Gasteiger partial charge in [-0.2, -0.15) is 0 Å². The average Bonchev–Trinajstić information content (AvgIpc) is 2.93. The SMILES string of the molecule is CC1CCOc2c[c]c(C=Cc3ccccc3)c(C=Cc3ccccc3)c2C1. The highest BCUT2D eigenvalue weighted by Gasteiger charge is 2.18. The van der Waals surface area contributed by atoms with Gasteiger partial charge < -0.3 is 4.74 Å². The van der Waals surface area contributed by atoms with Crippen molar-refractivity contribution in [2.24, 2.45) is 5.92 Å². The lowest BCUT2D eigenvalue weighted by atomic mass is 9.91. The summed E-state index contributed by atoms with van der Waals surface area (Å²) >= 11 is 0. The molecule has 0 aliphatic carbocycles. The van der Waals surface area contributed by atoms with Gasteiger partial charge in [-0.05, 0) is 53.1 Å². The summed E-state index contributed by atoms with van der Waals surface area (Å²) in [7, 11) is 0. The second-order valence-corrected chi connectivity index (χ2v) is 7.39. The fourth-order valence-electron chi connectivity index (χ4n) is 3.58. The van der Waals surface area contributed by atoms with Gasteiger partial charge in [0, 0.05) is 5.56 Å². The maximum atomic E-state index is 6.04. The van der Waals surface area contributed by atoms with E-state index in [1.807, 2.05) is 18.2 Å². The fourth-order valence-corrected chi connectivity index (χ4v) is 3.58. The molecule has 0 bridgehead atoms. The van der Waals surface area contributed by atoms with Crippen molar-refractivity contribution < 1.29 is 4.74 Å². The first-order chi connectivity index (χ1) is 13.8. The number of hydrogen-bond acceptors (Lipinski definition) is 1. The van der Waals surface area contributed by atoms with E-state index < -0.39 is 0 Å². The first-order valence-electron chi connectivity index (χ1n) is 9.96. The van der Waals surface area contributed by atoms with Crippen LogP contribution in [-0.2, 0) is 6.42 Å². The highest BCUT2D eigenvalue weighted by molar-refractivity contribution is 5.81. The molecular weight excluding hydrogens is 340 g/mol. The van der Waals surface area contributed by atoms with E-state index in [-0.39, 0.29) is 0 Å². The van der Waals surface area contributed by atoms with Gasteiger partial charge in [0.15, 0.2) is 0 Å². The summed E-state index contributed by atoms with van der Waals surface area (Å²) in [6.45, 7) is 3.09. The molecule has 0 N–H and O–H groups in total. The minimum Gasteiger partial charge on any atom is -0.493 e. The highest BCUT2D eigenvalue weighted by Crippen LogP contribution is 2.33. The molecule has 3 aromatic carbocycles. The summed E-state index contributed by atoms with van der Waals surface area (Å²) in [5.74, 6) is 1.59. The molecule has 1 heterocycles. The van der Waals surface area contributed by atoms with E-state index in [9.17, 15) is 0 Å². The molecule has 0 saturated carbocycles. The van der Waals surface area contributed by atoms with Gasteiger partial charge in [-0.1, -0.05) is 91.9 Å². The second-order valence-electron chi connectivity index (χ2n) is 7.39. The van der Waals surface area contributed by atoms with Crippen LogP contribution in [0.3, 0.4) is 0 Å². The molecule has 4 rings (SSSR count). The lowest BCUT2D eigenvalue weighted by molar-refractivity contribution is 0.300. The Kier molecular flexibility index (Phi) is 5.72.